The standard InChI is InChI=1S/C17H31N3O2/c1-14-6-2-4-10-20(14)11-5-3-9-18-17(22)19-16-8-7-15(12-16)13-21/h7-8,14-16,21H,2-6,9-13H2,1H3,(H2,18,19,22)/t14?,15-,16+/m0/s1. The van der Waals surface area contributed by atoms with Crippen molar-refractivity contribution in [1.29, 1.82) is 0 Å². The summed E-state index contributed by atoms with van der Waals surface area (Å²) in [5, 5.41) is 14.9. The van der Waals surface area contributed by atoms with E-state index in [2.05, 4.69) is 22.5 Å². The van der Waals surface area contributed by atoms with Gasteiger partial charge < -0.3 is 20.6 Å². The molecule has 2 aliphatic rings. The highest BCUT2D eigenvalue weighted by atomic mass is 16.3. The van der Waals surface area contributed by atoms with Gasteiger partial charge in [0.05, 0.1) is 0 Å². The average Bonchev–Trinajstić information content (AvgIpc) is 2.96. The largest absolute Gasteiger partial charge is 0.396 e. The van der Waals surface area contributed by atoms with Crippen LogP contribution >= 0.6 is 0 Å². The van der Waals surface area contributed by atoms with Crippen LogP contribution in [0, 0.1) is 5.92 Å². The second kappa shape index (κ2) is 9.16. The van der Waals surface area contributed by atoms with Crippen LogP contribution in [-0.4, -0.2) is 54.4 Å². The van der Waals surface area contributed by atoms with Gasteiger partial charge in [0, 0.05) is 31.2 Å². The third-order valence-corrected chi connectivity index (χ3v) is 4.82. The van der Waals surface area contributed by atoms with E-state index >= 15 is 0 Å². The number of aliphatic hydroxyl groups is 1. The molecule has 3 N–H and O–H groups in total. The number of likely N-dealkylation sites (tertiary alicyclic amines) is 1. The van der Waals surface area contributed by atoms with Crippen molar-refractivity contribution >= 4 is 6.03 Å². The van der Waals surface area contributed by atoms with Crippen LogP contribution in [0.3, 0.4) is 0 Å². The summed E-state index contributed by atoms with van der Waals surface area (Å²) in [6.45, 7) is 5.59. The first-order chi connectivity index (χ1) is 10.7. The molecule has 2 amide bonds. The molecular weight excluding hydrogens is 278 g/mol. The smallest absolute Gasteiger partial charge is 0.315 e. The number of carbonyl (C=O) groups excluding carboxylic acids is 1. The lowest BCUT2D eigenvalue weighted by atomic mass is 10.0. The van der Waals surface area contributed by atoms with Gasteiger partial charge in [0.2, 0.25) is 0 Å². The monoisotopic (exact) mass is 309 g/mol. The van der Waals surface area contributed by atoms with Crippen molar-refractivity contribution in [2.75, 3.05) is 26.2 Å². The number of amides is 2. The predicted molar refractivity (Wildman–Crippen MR) is 88.8 cm³/mol. The molecule has 22 heavy (non-hydrogen) atoms. The lowest BCUT2D eigenvalue weighted by Crippen LogP contribution is -2.41. The number of rotatable bonds is 7. The summed E-state index contributed by atoms with van der Waals surface area (Å²) in [6.07, 6.45) is 10.9. The van der Waals surface area contributed by atoms with E-state index in [9.17, 15) is 4.79 Å². The molecule has 1 saturated heterocycles. The van der Waals surface area contributed by atoms with Gasteiger partial charge in [0.25, 0.3) is 0 Å². The van der Waals surface area contributed by atoms with Gasteiger partial charge in [-0.1, -0.05) is 18.6 Å². The highest BCUT2D eigenvalue weighted by Gasteiger charge is 2.19. The number of piperidine rings is 1. The van der Waals surface area contributed by atoms with Crippen molar-refractivity contribution in [2.45, 2.75) is 57.5 Å². The fourth-order valence-electron chi connectivity index (χ4n) is 3.37. The molecule has 0 aromatic heterocycles. The van der Waals surface area contributed by atoms with E-state index in [0.29, 0.717) is 0 Å². The van der Waals surface area contributed by atoms with Crippen LogP contribution in [0.1, 0.15) is 45.4 Å². The summed E-state index contributed by atoms with van der Waals surface area (Å²) in [7, 11) is 0. The summed E-state index contributed by atoms with van der Waals surface area (Å²) >= 11 is 0. The zero-order chi connectivity index (χ0) is 15.8. The van der Waals surface area contributed by atoms with Gasteiger partial charge >= 0.3 is 6.03 Å². The van der Waals surface area contributed by atoms with Gasteiger partial charge in [-0.3, -0.25) is 0 Å². The Kier molecular flexibility index (Phi) is 7.19. The number of carbonyl (C=O) groups is 1. The second-order valence-electron chi connectivity index (χ2n) is 6.66. The van der Waals surface area contributed by atoms with Crippen molar-refractivity contribution in [2.24, 2.45) is 5.92 Å². The first-order valence-electron chi connectivity index (χ1n) is 8.76. The predicted octanol–water partition coefficient (Wildman–Crippen LogP) is 1.88. The minimum atomic E-state index is -0.0976. The van der Waals surface area contributed by atoms with E-state index in [1.165, 1.54) is 25.8 Å². The van der Waals surface area contributed by atoms with E-state index in [4.69, 9.17) is 5.11 Å². The topological polar surface area (TPSA) is 64.6 Å². The van der Waals surface area contributed by atoms with Crippen molar-refractivity contribution in [3.8, 4) is 0 Å². The maximum absolute atomic E-state index is 11.8. The molecule has 3 atom stereocenters. The number of urea groups is 1. The molecule has 0 saturated carbocycles. The highest BCUT2D eigenvalue weighted by molar-refractivity contribution is 5.74. The van der Waals surface area contributed by atoms with E-state index < -0.39 is 0 Å². The van der Waals surface area contributed by atoms with Crippen molar-refractivity contribution in [1.82, 2.24) is 15.5 Å². The van der Waals surface area contributed by atoms with Gasteiger partial charge in [-0.05, 0) is 52.1 Å². The van der Waals surface area contributed by atoms with Crippen LogP contribution in [0.25, 0.3) is 0 Å². The Morgan fingerprint density at radius 2 is 2.18 bits per heavy atom. The van der Waals surface area contributed by atoms with Crippen molar-refractivity contribution in [3.63, 3.8) is 0 Å². The maximum atomic E-state index is 11.8. The Labute approximate surface area is 134 Å². The summed E-state index contributed by atoms with van der Waals surface area (Å²) in [4.78, 5) is 14.4. The third-order valence-electron chi connectivity index (χ3n) is 4.82. The van der Waals surface area contributed by atoms with Crippen molar-refractivity contribution in [3.05, 3.63) is 12.2 Å². The molecule has 5 nitrogen and oxygen atoms in total. The molecule has 2 rings (SSSR count). The number of nitrogens with one attached hydrogen (secondary N) is 2. The number of unbranched alkanes of at least 4 members (excludes halogenated alkanes) is 1. The molecule has 1 aliphatic heterocycles. The number of nitrogens with zero attached hydrogens (tertiary/aromatic N) is 1. The van der Waals surface area contributed by atoms with Gasteiger partial charge in [0.15, 0.2) is 0 Å². The molecular formula is C17H31N3O2. The quantitative estimate of drug-likeness (QED) is 0.497. The number of hydrogen-bond donors (Lipinski definition) is 3. The molecule has 5 heteroatoms. The van der Waals surface area contributed by atoms with Gasteiger partial charge in [-0.15, -0.1) is 0 Å². The Hall–Kier alpha value is -1.07. The minimum Gasteiger partial charge on any atom is -0.396 e. The fraction of sp³-hybridized carbons (Fsp3) is 0.824. The van der Waals surface area contributed by atoms with Gasteiger partial charge in [-0.2, -0.15) is 0 Å². The van der Waals surface area contributed by atoms with Crippen LogP contribution in [0.4, 0.5) is 4.79 Å². The summed E-state index contributed by atoms with van der Waals surface area (Å²) in [5.74, 6) is 0.192. The Morgan fingerprint density at radius 1 is 1.32 bits per heavy atom. The minimum absolute atomic E-state index is 0.0614. The number of aliphatic hydroxyl groups excluding tert-OH is 1. The zero-order valence-electron chi connectivity index (χ0n) is 13.8. The Balaban J connectivity index is 1.49. The SMILES string of the molecule is CC1CCCCN1CCCCNC(=O)N[C@@H]1C=C[C@H](CO)C1. The molecule has 0 bridgehead atoms. The van der Waals surface area contributed by atoms with Crippen LogP contribution in [-0.2, 0) is 0 Å². The molecule has 0 radical (unpaired) electrons. The van der Waals surface area contributed by atoms with Crippen molar-refractivity contribution < 1.29 is 9.90 Å². The van der Waals surface area contributed by atoms with E-state index in [1.807, 2.05) is 12.2 Å². The highest BCUT2D eigenvalue weighted by Crippen LogP contribution is 2.17. The Bertz CT molecular complexity index is 373. The summed E-state index contributed by atoms with van der Waals surface area (Å²) < 4.78 is 0. The van der Waals surface area contributed by atoms with E-state index in [1.54, 1.807) is 0 Å². The van der Waals surface area contributed by atoms with Gasteiger partial charge in [-0.25, -0.2) is 4.79 Å². The molecule has 0 aromatic carbocycles. The van der Waals surface area contributed by atoms with E-state index in [0.717, 1.165) is 38.4 Å². The zero-order valence-corrected chi connectivity index (χ0v) is 13.8. The second-order valence-corrected chi connectivity index (χ2v) is 6.66. The molecule has 0 aromatic rings. The molecule has 1 aliphatic carbocycles. The van der Waals surface area contributed by atoms with E-state index in [-0.39, 0.29) is 24.6 Å². The molecule has 1 fully saturated rings. The lowest BCUT2D eigenvalue weighted by molar-refractivity contribution is 0.158. The van der Waals surface area contributed by atoms with Crippen LogP contribution in [0.15, 0.2) is 12.2 Å². The summed E-state index contributed by atoms with van der Waals surface area (Å²) in [5.41, 5.74) is 0. The third kappa shape index (κ3) is 5.61. The number of hydrogen-bond acceptors (Lipinski definition) is 3. The van der Waals surface area contributed by atoms with Crippen LogP contribution < -0.4 is 10.6 Å². The van der Waals surface area contributed by atoms with Crippen LogP contribution in [0.5, 0.6) is 0 Å². The first kappa shape index (κ1) is 17.3. The molecule has 126 valence electrons. The molecule has 1 unspecified atom stereocenters. The molecule has 1 heterocycles. The summed E-state index contributed by atoms with van der Waals surface area (Å²) in [6, 6.07) is 0.685. The fourth-order valence-corrected chi connectivity index (χ4v) is 3.37. The Morgan fingerprint density at radius 3 is 2.91 bits per heavy atom. The average molecular weight is 309 g/mol. The first-order valence-corrected chi connectivity index (χ1v) is 8.76. The lowest BCUT2D eigenvalue weighted by Gasteiger charge is -2.33. The molecule has 0 spiro atoms. The maximum Gasteiger partial charge on any atom is 0.315 e. The normalized spacial score (nSPS) is 28.7. The van der Waals surface area contributed by atoms with Gasteiger partial charge in [0.1, 0.15) is 0 Å². The van der Waals surface area contributed by atoms with Crippen LogP contribution in [0.2, 0.25) is 0 Å².